The van der Waals surface area contributed by atoms with Gasteiger partial charge in [0.2, 0.25) is 0 Å². The zero-order valence-corrected chi connectivity index (χ0v) is 13.2. The molecule has 0 radical (unpaired) electrons. The van der Waals surface area contributed by atoms with Crippen LogP contribution < -0.4 is 9.47 Å². The molecule has 0 aliphatic heterocycles. The lowest BCUT2D eigenvalue weighted by atomic mass is 10.2. The fourth-order valence-electron chi connectivity index (χ4n) is 1.77. The van der Waals surface area contributed by atoms with Crippen molar-refractivity contribution < 1.29 is 23.8 Å². The number of methoxy groups -OCH3 is 2. The molecule has 2 N–H and O–H groups in total. The van der Waals surface area contributed by atoms with E-state index in [-0.39, 0.29) is 11.8 Å². The number of fused-ring (bicyclic) bond motifs is 1. The Balaban J connectivity index is 2.71. The number of aromatic nitrogens is 2. The van der Waals surface area contributed by atoms with E-state index in [9.17, 15) is 4.57 Å². The third-order valence-corrected chi connectivity index (χ3v) is 3.73. The summed E-state index contributed by atoms with van der Waals surface area (Å²) in [6.07, 6.45) is -0.424. The van der Waals surface area contributed by atoms with Gasteiger partial charge in [-0.3, -0.25) is 4.57 Å². The summed E-state index contributed by atoms with van der Waals surface area (Å²) in [5.74, 6) is 0.370. The van der Waals surface area contributed by atoms with Crippen LogP contribution in [0.15, 0.2) is 16.6 Å². The minimum atomic E-state index is -4.21. The molecule has 0 saturated carbocycles. The largest absolute Gasteiger partial charge is 0.477 e. The van der Waals surface area contributed by atoms with Gasteiger partial charge < -0.3 is 19.3 Å². The van der Waals surface area contributed by atoms with E-state index in [4.69, 9.17) is 19.3 Å². The summed E-state index contributed by atoms with van der Waals surface area (Å²) < 4.78 is 22.0. The highest BCUT2D eigenvalue weighted by atomic mass is 79.9. The molecule has 0 aliphatic rings. The van der Waals surface area contributed by atoms with Crippen molar-refractivity contribution >= 4 is 34.6 Å². The van der Waals surface area contributed by atoms with E-state index in [2.05, 4.69) is 25.9 Å². The van der Waals surface area contributed by atoms with Crippen LogP contribution in [-0.2, 0) is 10.7 Å². The van der Waals surface area contributed by atoms with Gasteiger partial charge in [-0.1, -0.05) is 15.9 Å². The van der Waals surface area contributed by atoms with Gasteiger partial charge in [0.15, 0.2) is 0 Å². The average Bonchev–Trinajstić information content (AvgIpc) is 2.35. The van der Waals surface area contributed by atoms with E-state index >= 15 is 0 Å². The van der Waals surface area contributed by atoms with Gasteiger partial charge in [-0.05, 0) is 17.7 Å². The second kappa shape index (κ2) is 5.65. The van der Waals surface area contributed by atoms with E-state index < -0.39 is 13.8 Å². The Labute approximate surface area is 123 Å². The first kappa shape index (κ1) is 15.2. The highest BCUT2D eigenvalue weighted by molar-refractivity contribution is 9.10. The van der Waals surface area contributed by atoms with Crippen molar-refractivity contribution in [2.75, 3.05) is 14.2 Å². The highest BCUT2D eigenvalue weighted by Crippen LogP contribution is 2.41. The van der Waals surface area contributed by atoms with Crippen LogP contribution in [0.2, 0.25) is 0 Å². The maximum atomic E-state index is 11.2. The monoisotopic (exact) mass is 362 g/mol. The van der Waals surface area contributed by atoms with Gasteiger partial charge in [0, 0.05) is 4.47 Å². The molecule has 2 aromatic rings. The number of hydrogen-bond acceptors (Lipinski definition) is 5. The lowest BCUT2D eigenvalue weighted by molar-refractivity contribution is 0.334. The van der Waals surface area contributed by atoms with Crippen LogP contribution in [0.3, 0.4) is 0 Å². The first-order valence-electron chi connectivity index (χ1n) is 5.47. The van der Waals surface area contributed by atoms with E-state index in [1.807, 2.05) is 0 Å². The van der Waals surface area contributed by atoms with Crippen molar-refractivity contribution in [3.63, 3.8) is 0 Å². The third kappa shape index (κ3) is 3.27. The van der Waals surface area contributed by atoms with Crippen molar-refractivity contribution in [2.24, 2.45) is 0 Å². The van der Waals surface area contributed by atoms with E-state index in [1.165, 1.54) is 14.2 Å². The Morgan fingerprint density at radius 2 is 1.80 bits per heavy atom. The lowest BCUT2D eigenvalue weighted by Gasteiger charge is -2.11. The van der Waals surface area contributed by atoms with Gasteiger partial charge >= 0.3 is 7.60 Å². The van der Waals surface area contributed by atoms with Gasteiger partial charge in [-0.15, -0.1) is 0 Å². The molecule has 20 heavy (non-hydrogen) atoms. The summed E-state index contributed by atoms with van der Waals surface area (Å²) in [5.41, 5.74) is 1.21. The van der Waals surface area contributed by atoms with Crippen LogP contribution >= 0.6 is 23.5 Å². The topological polar surface area (TPSA) is 102 Å². The second-order valence-corrected chi connectivity index (χ2v) is 6.56. The van der Waals surface area contributed by atoms with E-state index in [0.717, 1.165) is 0 Å². The summed E-state index contributed by atoms with van der Waals surface area (Å²) in [4.78, 5) is 26.7. The molecule has 0 atom stereocenters. The SMILES string of the molecule is COc1nc2cc(Br)cc(CP(=O)(O)O)c2nc1OC. The smallest absolute Gasteiger partial charge is 0.329 e. The van der Waals surface area contributed by atoms with E-state index in [1.54, 1.807) is 12.1 Å². The Bertz CT molecular complexity index is 703. The summed E-state index contributed by atoms with van der Waals surface area (Å²) in [6.45, 7) is 0. The molecule has 108 valence electrons. The quantitative estimate of drug-likeness (QED) is 0.802. The fourth-order valence-corrected chi connectivity index (χ4v) is 2.95. The lowest BCUT2D eigenvalue weighted by Crippen LogP contribution is -2.00. The Morgan fingerprint density at radius 1 is 1.20 bits per heavy atom. The minimum absolute atomic E-state index is 0.161. The number of hydrogen-bond donors (Lipinski definition) is 2. The van der Waals surface area contributed by atoms with Gasteiger partial charge in [-0.2, -0.15) is 0 Å². The third-order valence-electron chi connectivity index (χ3n) is 2.51. The predicted molar refractivity (Wildman–Crippen MR) is 76.1 cm³/mol. The molecule has 0 unspecified atom stereocenters. The van der Waals surface area contributed by atoms with Crippen LogP contribution in [0, 0.1) is 0 Å². The first-order chi connectivity index (χ1) is 9.34. The molecule has 0 bridgehead atoms. The number of halogens is 1. The number of benzene rings is 1. The van der Waals surface area contributed by atoms with Crippen molar-refractivity contribution in [3.8, 4) is 11.8 Å². The summed E-state index contributed by atoms with van der Waals surface area (Å²) in [5, 5.41) is 0. The molecule has 0 aliphatic carbocycles. The van der Waals surface area contributed by atoms with Gasteiger partial charge in [0.1, 0.15) is 0 Å². The average molecular weight is 363 g/mol. The maximum absolute atomic E-state index is 11.2. The number of rotatable bonds is 4. The maximum Gasteiger partial charge on any atom is 0.329 e. The zero-order chi connectivity index (χ0) is 14.9. The molecule has 0 saturated heterocycles. The Hall–Kier alpha value is -1.21. The number of nitrogens with zero attached hydrogens (tertiary/aromatic N) is 2. The predicted octanol–water partition coefficient (Wildman–Crippen LogP) is 2.09. The van der Waals surface area contributed by atoms with E-state index in [0.29, 0.717) is 21.1 Å². The molecule has 1 aromatic heterocycles. The molecule has 0 amide bonds. The standard InChI is InChI=1S/C11H12BrN2O5P/c1-18-10-11(19-2)14-9-6(5-20(15,16)17)3-7(12)4-8(9)13-10/h3-4H,5H2,1-2H3,(H2,15,16,17). The molecule has 0 spiro atoms. The fraction of sp³-hybridized carbons (Fsp3) is 0.273. The summed E-state index contributed by atoms with van der Waals surface area (Å²) in [6, 6.07) is 3.29. The van der Waals surface area contributed by atoms with Crippen molar-refractivity contribution in [2.45, 2.75) is 6.16 Å². The van der Waals surface area contributed by atoms with Gasteiger partial charge in [-0.25, -0.2) is 9.97 Å². The van der Waals surface area contributed by atoms with Crippen molar-refractivity contribution in [1.82, 2.24) is 9.97 Å². The molecule has 9 heteroatoms. The van der Waals surface area contributed by atoms with Crippen LogP contribution in [0.25, 0.3) is 11.0 Å². The molecule has 7 nitrogen and oxygen atoms in total. The Kier molecular flexibility index (Phi) is 4.29. The van der Waals surface area contributed by atoms with Crippen LogP contribution in [-0.4, -0.2) is 34.0 Å². The van der Waals surface area contributed by atoms with Crippen LogP contribution in [0.1, 0.15) is 5.56 Å². The second-order valence-electron chi connectivity index (χ2n) is 4.00. The van der Waals surface area contributed by atoms with Crippen LogP contribution in [0.5, 0.6) is 11.8 Å². The first-order valence-corrected chi connectivity index (χ1v) is 8.06. The van der Waals surface area contributed by atoms with Crippen LogP contribution in [0.4, 0.5) is 0 Å². The van der Waals surface area contributed by atoms with Gasteiger partial charge in [0.05, 0.1) is 31.4 Å². The zero-order valence-electron chi connectivity index (χ0n) is 10.7. The summed E-state index contributed by atoms with van der Waals surface area (Å²) >= 11 is 3.28. The summed E-state index contributed by atoms with van der Waals surface area (Å²) in [7, 11) is -1.36. The van der Waals surface area contributed by atoms with Gasteiger partial charge in [0.25, 0.3) is 11.8 Å². The minimum Gasteiger partial charge on any atom is -0.477 e. The molecule has 1 aromatic carbocycles. The van der Waals surface area contributed by atoms with Crippen molar-refractivity contribution in [3.05, 3.63) is 22.2 Å². The number of ether oxygens (including phenoxy) is 2. The molecular weight excluding hydrogens is 351 g/mol. The molecular formula is C11H12BrN2O5P. The molecule has 2 rings (SSSR count). The highest BCUT2D eigenvalue weighted by Gasteiger charge is 2.20. The molecule has 0 fully saturated rings. The Morgan fingerprint density at radius 3 is 2.35 bits per heavy atom. The van der Waals surface area contributed by atoms with Crippen molar-refractivity contribution in [1.29, 1.82) is 0 Å². The molecule has 1 heterocycles. The normalized spacial score (nSPS) is 11.7.